The molecule has 0 bridgehead atoms. The van der Waals surface area contributed by atoms with Crippen LogP contribution in [0.25, 0.3) is 11.2 Å². The van der Waals surface area contributed by atoms with Gasteiger partial charge in [-0.3, -0.25) is 9.78 Å². The molecule has 0 fully saturated rings. The highest BCUT2D eigenvalue weighted by atomic mass is 16.5. The van der Waals surface area contributed by atoms with Gasteiger partial charge in [0, 0.05) is 32.2 Å². The van der Waals surface area contributed by atoms with E-state index in [1.54, 1.807) is 51.0 Å². The van der Waals surface area contributed by atoms with Crippen molar-refractivity contribution in [1.82, 2.24) is 24.4 Å². The second-order valence-electron chi connectivity index (χ2n) is 7.47. The molecule has 0 atom stereocenters. The lowest BCUT2D eigenvalue weighted by Gasteiger charge is -2.17. The van der Waals surface area contributed by atoms with E-state index in [1.807, 2.05) is 41.1 Å². The smallest absolute Gasteiger partial charge is 0.255 e. The first-order valence-electron chi connectivity index (χ1n) is 10.2. The Kier molecular flexibility index (Phi) is 6.30. The van der Waals surface area contributed by atoms with Gasteiger partial charge in [-0.2, -0.15) is 0 Å². The van der Waals surface area contributed by atoms with E-state index >= 15 is 0 Å². The molecule has 0 radical (unpaired) electrons. The average molecular weight is 431 g/mol. The normalized spacial score (nSPS) is 10.8. The van der Waals surface area contributed by atoms with Crippen LogP contribution in [0.5, 0.6) is 11.5 Å². The molecule has 1 aromatic carbocycles. The monoisotopic (exact) mass is 431 g/mol. The SMILES string of the molecule is COc1ccc(CCN(C)C(=O)c2cnc3c(c2)ncn3Cc2cccnc2)cc1OC. The molecule has 164 valence electrons. The Morgan fingerprint density at radius 2 is 1.88 bits per heavy atom. The molecule has 0 saturated carbocycles. The molecule has 32 heavy (non-hydrogen) atoms. The van der Waals surface area contributed by atoms with Gasteiger partial charge in [0.15, 0.2) is 17.1 Å². The summed E-state index contributed by atoms with van der Waals surface area (Å²) >= 11 is 0. The maximum atomic E-state index is 12.9. The first kappa shape index (κ1) is 21.3. The average Bonchev–Trinajstić information content (AvgIpc) is 3.24. The summed E-state index contributed by atoms with van der Waals surface area (Å²) in [5.74, 6) is 1.26. The van der Waals surface area contributed by atoms with Gasteiger partial charge in [-0.1, -0.05) is 12.1 Å². The molecule has 3 heterocycles. The zero-order valence-corrected chi connectivity index (χ0v) is 18.4. The number of likely N-dealkylation sites (N-methyl/N-ethyl adjacent to an activating group) is 1. The molecule has 0 aliphatic rings. The molecule has 8 heteroatoms. The van der Waals surface area contributed by atoms with E-state index in [0.717, 1.165) is 16.8 Å². The molecule has 4 rings (SSSR count). The highest BCUT2D eigenvalue weighted by molar-refractivity contribution is 5.96. The number of hydrogen-bond acceptors (Lipinski definition) is 6. The van der Waals surface area contributed by atoms with Crippen LogP contribution in [-0.4, -0.2) is 58.1 Å². The molecular weight excluding hydrogens is 406 g/mol. The van der Waals surface area contributed by atoms with Crippen LogP contribution >= 0.6 is 0 Å². The Balaban J connectivity index is 1.44. The maximum Gasteiger partial charge on any atom is 0.255 e. The van der Waals surface area contributed by atoms with Gasteiger partial charge in [-0.15, -0.1) is 0 Å². The van der Waals surface area contributed by atoms with E-state index < -0.39 is 0 Å². The number of aromatic nitrogens is 4. The largest absolute Gasteiger partial charge is 0.493 e. The van der Waals surface area contributed by atoms with E-state index in [2.05, 4.69) is 15.0 Å². The number of methoxy groups -OCH3 is 2. The van der Waals surface area contributed by atoms with E-state index in [-0.39, 0.29) is 5.91 Å². The number of amides is 1. The lowest BCUT2D eigenvalue weighted by molar-refractivity contribution is 0.0796. The Hall–Kier alpha value is -3.94. The lowest BCUT2D eigenvalue weighted by atomic mass is 10.1. The number of imidazole rings is 1. The molecule has 0 aliphatic carbocycles. The third-order valence-electron chi connectivity index (χ3n) is 5.31. The van der Waals surface area contributed by atoms with Gasteiger partial charge >= 0.3 is 0 Å². The zero-order chi connectivity index (χ0) is 22.5. The van der Waals surface area contributed by atoms with Crippen LogP contribution in [0, 0.1) is 0 Å². The van der Waals surface area contributed by atoms with Crippen molar-refractivity contribution in [3.8, 4) is 11.5 Å². The van der Waals surface area contributed by atoms with Gasteiger partial charge in [0.25, 0.3) is 5.91 Å². The third kappa shape index (κ3) is 4.54. The Labute approximate surface area is 186 Å². The minimum Gasteiger partial charge on any atom is -0.493 e. The quantitative estimate of drug-likeness (QED) is 0.426. The minimum absolute atomic E-state index is 0.0957. The van der Waals surface area contributed by atoms with E-state index in [9.17, 15) is 4.79 Å². The van der Waals surface area contributed by atoms with Crippen LogP contribution < -0.4 is 9.47 Å². The first-order valence-corrected chi connectivity index (χ1v) is 10.2. The van der Waals surface area contributed by atoms with Crippen molar-refractivity contribution in [2.24, 2.45) is 0 Å². The van der Waals surface area contributed by atoms with Crippen LogP contribution in [0.1, 0.15) is 21.5 Å². The summed E-state index contributed by atoms with van der Waals surface area (Å²) in [5.41, 5.74) is 4.05. The summed E-state index contributed by atoms with van der Waals surface area (Å²) in [6, 6.07) is 11.5. The molecule has 0 saturated heterocycles. The van der Waals surface area contributed by atoms with E-state index in [0.29, 0.717) is 42.1 Å². The second kappa shape index (κ2) is 9.47. The number of ether oxygens (including phenoxy) is 2. The number of pyridine rings is 2. The summed E-state index contributed by atoms with van der Waals surface area (Å²) in [5, 5.41) is 0. The summed E-state index contributed by atoms with van der Waals surface area (Å²) in [4.78, 5) is 27.7. The third-order valence-corrected chi connectivity index (χ3v) is 5.31. The molecule has 0 aliphatic heterocycles. The van der Waals surface area contributed by atoms with Gasteiger partial charge in [0.1, 0.15) is 5.52 Å². The maximum absolute atomic E-state index is 12.9. The fourth-order valence-corrected chi connectivity index (χ4v) is 3.52. The summed E-state index contributed by atoms with van der Waals surface area (Å²) in [7, 11) is 5.00. The summed E-state index contributed by atoms with van der Waals surface area (Å²) in [6.07, 6.45) is 7.60. The van der Waals surface area contributed by atoms with Gasteiger partial charge < -0.3 is 18.9 Å². The molecular formula is C24H25N5O3. The molecule has 0 unspecified atom stereocenters. The van der Waals surface area contributed by atoms with Crippen molar-refractivity contribution in [3.05, 3.63) is 78.0 Å². The summed E-state index contributed by atoms with van der Waals surface area (Å²) in [6.45, 7) is 1.18. The predicted molar refractivity (Wildman–Crippen MR) is 121 cm³/mol. The number of hydrogen-bond donors (Lipinski definition) is 0. The van der Waals surface area contributed by atoms with Crippen LogP contribution in [-0.2, 0) is 13.0 Å². The molecule has 4 aromatic rings. The predicted octanol–water partition coefficient (Wildman–Crippen LogP) is 3.21. The Morgan fingerprint density at radius 3 is 2.62 bits per heavy atom. The zero-order valence-electron chi connectivity index (χ0n) is 18.4. The van der Waals surface area contributed by atoms with Crippen molar-refractivity contribution >= 4 is 17.1 Å². The highest BCUT2D eigenvalue weighted by Crippen LogP contribution is 2.27. The lowest BCUT2D eigenvalue weighted by Crippen LogP contribution is -2.29. The van der Waals surface area contributed by atoms with Gasteiger partial charge in [0.2, 0.25) is 0 Å². The number of rotatable bonds is 8. The number of fused-ring (bicyclic) bond motifs is 1. The fraction of sp³-hybridized carbons (Fsp3) is 0.250. The number of nitrogens with zero attached hydrogens (tertiary/aromatic N) is 5. The first-order chi connectivity index (χ1) is 15.6. The van der Waals surface area contributed by atoms with Crippen molar-refractivity contribution in [2.45, 2.75) is 13.0 Å². The second-order valence-corrected chi connectivity index (χ2v) is 7.47. The molecule has 0 N–H and O–H groups in total. The summed E-state index contributed by atoms with van der Waals surface area (Å²) < 4.78 is 12.6. The standard InChI is InChI=1S/C24H25N5O3/c1-28(10-8-17-6-7-21(31-2)22(11-17)32-3)24(30)19-12-20-23(26-14-19)29(16-27-20)15-18-5-4-9-25-13-18/h4-7,9,11-14,16H,8,10,15H2,1-3H3. The number of carbonyl (C=O) groups excluding carboxylic acids is 1. The van der Waals surface area contributed by atoms with Crippen LogP contribution in [0.15, 0.2) is 61.3 Å². The van der Waals surface area contributed by atoms with Gasteiger partial charge in [0.05, 0.1) is 32.7 Å². The Morgan fingerprint density at radius 1 is 1.03 bits per heavy atom. The number of benzene rings is 1. The van der Waals surface area contributed by atoms with Crippen LogP contribution in [0.2, 0.25) is 0 Å². The van der Waals surface area contributed by atoms with E-state index in [1.165, 1.54) is 0 Å². The van der Waals surface area contributed by atoms with Crippen molar-refractivity contribution < 1.29 is 14.3 Å². The Bertz CT molecular complexity index is 1220. The van der Waals surface area contributed by atoms with E-state index in [4.69, 9.17) is 9.47 Å². The molecule has 3 aromatic heterocycles. The fourth-order valence-electron chi connectivity index (χ4n) is 3.52. The topological polar surface area (TPSA) is 82.4 Å². The van der Waals surface area contributed by atoms with Crippen molar-refractivity contribution in [3.63, 3.8) is 0 Å². The molecule has 8 nitrogen and oxygen atoms in total. The highest BCUT2D eigenvalue weighted by Gasteiger charge is 2.15. The minimum atomic E-state index is -0.0957. The number of carbonyl (C=O) groups is 1. The van der Waals surface area contributed by atoms with Gasteiger partial charge in [-0.05, 0) is 41.8 Å². The molecule has 1 amide bonds. The van der Waals surface area contributed by atoms with Crippen molar-refractivity contribution in [1.29, 1.82) is 0 Å². The van der Waals surface area contributed by atoms with Crippen LogP contribution in [0.3, 0.4) is 0 Å². The van der Waals surface area contributed by atoms with Gasteiger partial charge in [-0.25, -0.2) is 9.97 Å². The van der Waals surface area contributed by atoms with Crippen molar-refractivity contribution in [2.75, 3.05) is 27.8 Å². The van der Waals surface area contributed by atoms with Crippen LogP contribution in [0.4, 0.5) is 0 Å². The molecule has 0 spiro atoms.